The predicted molar refractivity (Wildman–Crippen MR) is 117 cm³/mol. The number of anilines is 2. The molecule has 0 aliphatic rings. The highest BCUT2D eigenvalue weighted by Gasteiger charge is 2.19. The van der Waals surface area contributed by atoms with Gasteiger partial charge in [0.1, 0.15) is 5.75 Å². The van der Waals surface area contributed by atoms with Crippen molar-refractivity contribution >= 4 is 43.9 Å². The monoisotopic (exact) mass is 442 g/mol. The number of hydrogen-bond donors (Lipinski definition) is 3. The summed E-state index contributed by atoms with van der Waals surface area (Å²) < 4.78 is 30.7. The van der Waals surface area contributed by atoms with Crippen molar-refractivity contribution < 1.29 is 22.7 Å². The minimum absolute atomic E-state index is 0.00973. The van der Waals surface area contributed by atoms with Crippen LogP contribution in [0.4, 0.5) is 11.4 Å². The molecule has 0 saturated carbocycles. The lowest BCUT2D eigenvalue weighted by Crippen LogP contribution is -2.26. The van der Waals surface area contributed by atoms with Crippen LogP contribution in [0.1, 0.15) is 17.3 Å². The standard InChI is InChI=1S/C21H22N4O5S/c1-13(26)23-8-9-31(28,29)16-6-7-19-17(11-16)20(18(12-24-19)21(22)27)25-14-4-3-5-15(10-14)30-2/h3-7,10-12H,8-9H2,1-2H3,(H2,22,27)(H,23,26)(H,24,25). The van der Waals surface area contributed by atoms with Crippen molar-refractivity contribution in [2.75, 3.05) is 24.7 Å². The molecule has 1 aromatic heterocycles. The largest absolute Gasteiger partial charge is 0.497 e. The number of rotatable bonds is 8. The number of ether oxygens (including phenoxy) is 1. The summed E-state index contributed by atoms with van der Waals surface area (Å²) in [5.41, 5.74) is 7.08. The SMILES string of the molecule is COc1cccc(Nc2c(C(N)=O)cnc3ccc(S(=O)(=O)CCNC(C)=O)cc23)c1. The van der Waals surface area contributed by atoms with E-state index in [4.69, 9.17) is 10.5 Å². The number of pyridine rings is 1. The van der Waals surface area contributed by atoms with Crippen molar-refractivity contribution in [1.29, 1.82) is 0 Å². The van der Waals surface area contributed by atoms with Gasteiger partial charge in [0.05, 0.1) is 34.5 Å². The van der Waals surface area contributed by atoms with E-state index in [0.29, 0.717) is 28.0 Å². The molecule has 9 nitrogen and oxygen atoms in total. The Labute approximate surface area is 179 Å². The van der Waals surface area contributed by atoms with Crippen LogP contribution in [0.25, 0.3) is 10.9 Å². The minimum atomic E-state index is -3.69. The summed E-state index contributed by atoms with van der Waals surface area (Å²) in [6.07, 6.45) is 1.35. The lowest BCUT2D eigenvalue weighted by Gasteiger charge is -2.15. The Morgan fingerprint density at radius 2 is 1.94 bits per heavy atom. The molecule has 3 rings (SSSR count). The maximum atomic E-state index is 12.7. The molecule has 0 aliphatic heterocycles. The van der Waals surface area contributed by atoms with Gasteiger partial charge in [-0.25, -0.2) is 8.42 Å². The van der Waals surface area contributed by atoms with E-state index in [9.17, 15) is 18.0 Å². The summed E-state index contributed by atoms with van der Waals surface area (Å²) in [6.45, 7) is 1.31. The first-order valence-electron chi connectivity index (χ1n) is 9.32. The number of nitrogens with two attached hydrogens (primary N) is 1. The molecule has 2 amide bonds. The fourth-order valence-electron chi connectivity index (χ4n) is 3.01. The van der Waals surface area contributed by atoms with E-state index in [1.54, 1.807) is 30.3 Å². The normalized spacial score (nSPS) is 11.2. The van der Waals surface area contributed by atoms with Crippen LogP contribution in [0, 0.1) is 0 Å². The van der Waals surface area contributed by atoms with Crippen LogP contribution < -0.4 is 21.1 Å². The lowest BCUT2D eigenvalue weighted by atomic mass is 10.1. The van der Waals surface area contributed by atoms with Crippen molar-refractivity contribution in [1.82, 2.24) is 10.3 Å². The fraction of sp³-hybridized carbons (Fsp3) is 0.190. The molecule has 0 fully saturated rings. The zero-order chi connectivity index (χ0) is 22.6. The van der Waals surface area contributed by atoms with Crippen LogP contribution in [0.15, 0.2) is 53.6 Å². The quantitative estimate of drug-likeness (QED) is 0.484. The van der Waals surface area contributed by atoms with Crippen LogP contribution in [0.2, 0.25) is 0 Å². The van der Waals surface area contributed by atoms with Crippen LogP contribution in [-0.2, 0) is 14.6 Å². The molecule has 0 spiro atoms. The molecule has 1 heterocycles. The van der Waals surface area contributed by atoms with Gasteiger partial charge in [-0.2, -0.15) is 0 Å². The molecule has 10 heteroatoms. The van der Waals surface area contributed by atoms with Crippen molar-refractivity contribution in [2.24, 2.45) is 5.73 Å². The van der Waals surface area contributed by atoms with Gasteiger partial charge in [-0.05, 0) is 30.3 Å². The zero-order valence-corrected chi connectivity index (χ0v) is 17.8. The highest BCUT2D eigenvalue weighted by molar-refractivity contribution is 7.91. The molecular weight excluding hydrogens is 420 g/mol. The van der Waals surface area contributed by atoms with Crippen molar-refractivity contribution in [3.63, 3.8) is 0 Å². The number of nitrogens with zero attached hydrogens (tertiary/aromatic N) is 1. The van der Waals surface area contributed by atoms with E-state index in [1.165, 1.54) is 32.4 Å². The number of carbonyl (C=O) groups is 2. The smallest absolute Gasteiger partial charge is 0.252 e. The summed E-state index contributed by atoms with van der Waals surface area (Å²) in [5.74, 6) is -0.683. The first-order chi connectivity index (χ1) is 14.7. The number of benzene rings is 2. The van der Waals surface area contributed by atoms with Gasteiger partial charge in [0.25, 0.3) is 5.91 Å². The van der Waals surface area contributed by atoms with Crippen molar-refractivity contribution in [2.45, 2.75) is 11.8 Å². The summed E-state index contributed by atoms with van der Waals surface area (Å²) in [5, 5.41) is 6.02. The second-order valence-electron chi connectivity index (χ2n) is 6.75. The van der Waals surface area contributed by atoms with E-state index in [2.05, 4.69) is 15.6 Å². The van der Waals surface area contributed by atoms with Gasteiger partial charge in [0, 0.05) is 36.8 Å². The van der Waals surface area contributed by atoms with E-state index in [1.807, 2.05) is 0 Å². The van der Waals surface area contributed by atoms with E-state index >= 15 is 0 Å². The summed E-state index contributed by atoms with van der Waals surface area (Å²) >= 11 is 0. The summed E-state index contributed by atoms with van der Waals surface area (Å²) in [6, 6.07) is 11.5. The first-order valence-corrected chi connectivity index (χ1v) is 11.0. The Morgan fingerprint density at radius 1 is 1.16 bits per heavy atom. The van der Waals surface area contributed by atoms with Gasteiger partial charge < -0.3 is 21.1 Å². The average Bonchev–Trinajstić information content (AvgIpc) is 2.73. The first kappa shape index (κ1) is 22.0. The molecule has 0 saturated heterocycles. The fourth-order valence-corrected chi connectivity index (χ4v) is 4.19. The number of hydrogen-bond acceptors (Lipinski definition) is 7. The molecule has 0 radical (unpaired) electrons. The van der Waals surface area contributed by atoms with Gasteiger partial charge in [-0.1, -0.05) is 6.07 Å². The number of aromatic nitrogens is 1. The molecule has 0 unspecified atom stereocenters. The Hall–Kier alpha value is -3.66. The van der Waals surface area contributed by atoms with Gasteiger partial charge >= 0.3 is 0 Å². The molecule has 0 bridgehead atoms. The molecule has 0 atom stereocenters. The maximum absolute atomic E-state index is 12.7. The lowest BCUT2D eigenvalue weighted by molar-refractivity contribution is -0.118. The van der Waals surface area contributed by atoms with Crippen LogP contribution >= 0.6 is 0 Å². The van der Waals surface area contributed by atoms with Gasteiger partial charge in [0.15, 0.2) is 9.84 Å². The maximum Gasteiger partial charge on any atom is 0.252 e. The van der Waals surface area contributed by atoms with Crippen molar-refractivity contribution in [3.8, 4) is 5.75 Å². The average molecular weight is 442 g/mol. The number of fused-ring (bicyclic) bond motifs is 1. The Bertz CT molecular complexity index is 1260. The van der Waals surface area contributed by atoms with E-state index in [0.717, 1.165) is 0 Å². The van der Waals surface area contributed by atoms with Crippen LogP contribution in [-0.4, -0.2) is 44.6 Å². The van der Waals surface area contributed by atoms with Crippen molar-refractivity contribution in [3.05, 3.63) is 54.2 Å². The Morgan fingerprint density at radius 3 is 2.61 bits per heavy atom. The number of nitrogens with one attached hydrogen (secondary N) is 2. The van der Waals surface area contributed by atoms with E-state index in [-0.39, 0.29) is 28.7 Å². The second kappa shape index (κ2) is 9.00. The number of sulfone groups is 1. The third-order valence-electron chi connectivity index (χ3n) is 4.55. The molecule has 31 heavy (non-hydrogen) atoms. The van der Waals surface area contributed by atoms with Gasteiger partial charge in [-0.3, -0.25) is 14.6 Å². The molecular formula is C21H22N4O5S. The van der Waals surface area contributed by atoms with Gasteiger partial charge in [0.2, 0.25) is 5.91 Å². The Kier molecular flexibility index (Phi) is 6.40. The predicted octanol–water partition coefficient (Wildman–Crippen LogP) is 2.00. The summed E-state index contributed by atoms with van der Waals surface area (Å²) in [7, 11) is -2.15. The minimum Gasteiger partial charge on any atom is -0.497 e. The zero-order valence-electron chi connectivity index (χ0n) is 17.0. The molecule has 2 aromatic carbocycles. The van der Waals surface area contributed by atoms with Crippen LogP contribution in [0.3, 0.4) is 0 Å². The van der Waals surface area contributed by atoms with E-state index < -0.39 is 15.7 Å². The topological polar surface area (TPSA) is 140 Å². The van der Waals surface area contributed by atoms with Gasteiger partial charge in [-0.15, -0.1) is 0 Å². The number of methoxy groups -OCH3 is 1. The molecule has 0 aliphatic carbocycles. The highest BCUT2D eigenvalue weighted by Crippen LogP contribution is 2.32. The van der Waals surface area contributed by atoms with Crippen LogP contribution in [0.5, 0.6) is 5.75 Å². The Balaban J connectivity index is 2.10. The number of carbonyl (C=O) groups excluding carboxylic acids is 2. The molecule has 4 N–H and O–H groups in total. The third-order valence-corrected chi connectivity index (χ3v) is 6.26. The number of amides is 2. The second-order valence-corrected chi connectivity index (χ2v) is 8.86. The highest BCUT2D eigenvalue weighted by atomic mass is 32.2. The third kappa shape index (κ3) is 5.10. The molecule has 162 valence electrons. The number of primary amides is 1. The summed E-state index contributed by atoms with van der Waals surface area (Å²) in [4.78, 5) is 27.3. The molecule has 3 aromatic rings.